The summed E-state index contributed by atoms with van der Waals surface area (Å²) in [5.74, 6) is 0.209. The number of rotatable bonds is 6. The number of ether oxygens (including phenoxy) is 2. The number of allylic oxidation sites excluding steroid dienone is 4. The molecule has 1 fully saturated rings. The number of aliphatic hydroxyl groups is 1. The van der Waals surface area contributed by atoms with Gasteiger partial charge in [0.25, 0.3) is 0 Å². The molecule has 1 unspecified atom stereocenters. The van der Waals surface area contributed by atoms with Crippen molar-refractivity contribution in [1.82, 2.24) is 0 Å². The van der Waals surface area contributed by atoms with Crippen molar-refractivity contribution < 1.29 is 24.2 Å². The Bertz CT molecular complexity index is 670. The van der Waals surface area contributed by atoms with Crippen molar-refractivity contribution in [1.29, 1.82) is 0 Å². The SMILES string of the molecule is C=C1CC2(C[C@H](OC(C)=O)C=CC2=O)[C@@H](/C=C(\C)CC/C=C(\C)CO)O1. The van der Waals surface area contributed by atoms with E-state index >= 15 is 0 Å². The standard InChI is InChI=1S/C21H28O5/c1-14(6-5-7-15(2)13-22)10-20-21(11-16(3)25-20)12-18(26-17(4)23)8-9-19(21)24/h7-10,18,20,22H,3,5-6,11-13H2,1-2,4H3/b14-10+,15-7+/t18-,20-,21?/m1/s1. The van der Waals surface area contributed by atoms with Gasteiger partial charge in [0.15, 0.2) is 5.78 Å². The quantitative estimate of drug-likeness (QED) is 0.580. The number of hydrogen-bond acceptors (Lipinski definition) is 5. The lowest BCUT2D eigenvalue weighted by molar-refractivity contribution is -0.148. The fraction of sp³-hybridized carbons (Fsp3) is 0.524. The van der Waals surface area contributed by atoms with Gasteiger partial charge in [0.2, 0.25) is 0 Å². The summed E-state index contributed by atoms with van der Waals surface area (Å²) in [5, 5.41) is 9.05. The molecule has 0 aromatic carbocycles. The van der Waals surface area contributed by atoms with E-state index in [9.17, 15) is 9.59 Å². The van der Waals surface area contributed by atoms with E-state index in [0.717, 1.165) is 24.0 Å². The van der Waals surface area contributed by atoms with Crippen molar-refractivity contribution in [2.75, 3.05) is 6.61 Å². The van der Waals surface area contributed by atoms with E-state index < -0.39 is 17.6 Å². The molecule has 0 aromatic heterocycles. The Labute approximate surface area is 155 Å². The fourth-order valence-corrected chi connectivity index (χ4v) is 3.53. The highest BCUT2D eigenvalue weighted by Gasteiger charge is 2.53. The van der Waals surface area contributed by atoms with Crippen LogP contribution in [-0.2, 0) is 19.1 Å². The van der Waals surface area contributed by atoms with Crippen LogP contribution >= 0.6 is 0 Å². The zero-order valence-electron chi connectivity index (χ0n) is 15.8. The Morgan fingerprint density at radius 3 is 2.81 bits per heavy atom. The third kappa shape index (κ3) is 4.73. The summed E-state index contributed by atoms with van der Waals surface area (Å²) >= 11 is 0. The zero-order chi connectivity index (χ0) is 19.3. The minimum atomic E-state index is -0.760. The van der Waals surface area contributed by atoms with Crippen molar-refractivity contribution in [2.24, 2.45) is 5.41 Å². The second-order valence-corrected chi connectivity index (χ2v) is 7.25. The average Bonchev–Trinajstić information content (AvgIpc) is 2.86. The lowest BCUT2D eigenvalue weighted by atomic mass is 9.69. The van der Waals surface area contributed by atoms with Crippen LogP contribution in [0.15, 0.2) is 47.8 Å². The van der Waals surface area contributed by atoms with Gasteiger partial charge in [-0.15, -0.1) is 0 Å². The fourth-order valence-electron chi connectivity index (χ4n) is 3.53. The first-order chi connectivity index (χ1) is 12.3. The minimum absolute atomic E-state index is 0.00961. The highest BCUT2D eigenvalue weighted by Crippen LogP contribution is 2.48. The van der Waals surface area contributed by atoms with Crippen molar-refractivity contribution in [3.8, 4) is 0 Å². The Kier molecular flexibility index (Phi) is 6.59. The van der Waals surface area contributed by atoms with Crippen LogP contribution < -0.4 is 0 Å². The molecular formula is C21H28O5. The largest absolute Gasteiger partial charge is 0.490 e. The van der Waals surface area contributed by atoms with Gasteiger partial charge >= 0.3 is 5.97 Å². The van der Waals surface area contributed by atoms with Crippen molar-refractivity contribution in [3.63, 3.8) is 0 Å². The van der Waals surface area contributed by atoms with E-state index in [2.05, 4.69) is 6.58 Å². The van der Waals surface area contributed by atoms with E-state index in [1.165, 1.54) is 13.0 Å². The second kappa shape index (κ2) is 8.49. The molecular weight excluding hydrogens is 332 g/mol. The molecule has 1 saturated heterocycles. The predicted octanol–water partition coefficient (Wildman–Crippen LogP) is 3.40. The van der Waals surface area contributed by atoms with Crippen LogP contribution in [0.1, 0.15) is 46.5 Å². The molecule has 0 bridgehead atoms. The first-order valence-electron chi connectivity index (χ1n) is 8.95. The number of carbonyl (C=O) groups is 2. The summed E-state index contributed by atoms with van der Waals surface area (Å²) in [6.07, 6.45) is 8.78. The highest BCUT2D eigenvalue weighted by molar-refractivity contribution is 5.97. The summed E-state index contributed by atoms with van der Waals surface area (Å²) in [7, 11) is 0. The van der Waals surface area contributed by atoms with Crippen LogP contribution in [0.5, 0.6) is 0 Å². The maximum atomic E-state index is 12.7. The third-order valence-electron chi connectivity index (χ3n) is 4.90. The second-order valence-electron chi connectivity index (χ2n) is 7.25. The van der Waals surface area contributed by atoms with E-state index in [0.29, 0.717) is 18.6 Å². The van der Waals surface area contributed by atoms with Crippen molar-refractivity contribution in [2.45, 2.75) is 58.7 Å². The van der Waals surface area contributed by atoms with E-state index in [1.54, 1.807) is 6.08 Å². The van der Waals surface area contributed by atoms with Gasteiger partial charge < -0.3 is 14.6 Å². The van der Waals surface area contributed by atoms with E-state index in [-0.39, 0.29) is 18.4 Å². The third-order valence-corrected chi connectivity index (χ3v) is 4.90. The molecule has 1 aliphatic carbocycles. The molecule has 0 aromatic rings. The molecule has 2 rings (SSSR count). The summed E-state index contributed by atoms with van der Waals surface area (Å²) < 4.78 is 11.2. The Morgan fingerprint density at radius 1 is 1.42 bits per heavy atom. The van der Waals surface area contributed by atoms with Crippen LogP contribution in [0, 0.1) is 5.41 Å². The van der Waals surface area contributed by atoms with Crippen molar-refractivity contribution in [3.05, 3.63) is 47.8 Å². The molecule has 142 valence electrons. The average molecular weight is 360 g/mol. The molecule has 1 aliphatic heterocycles. The van der Waals surface area contributed by atoms with E-state index in [1.807, 2.05) is 26.0 Å². The van der Waals surface area contributed by atoms with Gasteiger partial charge in [-0.1, -0.05) is 23.8 Å². The van der Waals surface area contributed by atoms with Gasteiger partial charge in [0, 0.05) is 19.8 Å². The summed E-state index contributed by atoms with van der Waals surface area (Å²) in [4.78, 5) is 24.0. The van der Waals surface area contributed by atoms with E-state index in [4.69, 9.17) is 14.6 Å². The monoisotopic (exact) mass is 360 g/mol. The highest BCUT2D eigenvalue weighted by atomic mass is 16.5. The van der Waals surface area contributed by atoms with Crippen molar-refractivity contribution >= 4 is 11.8 Å². The minimum Gasteiger partial charge on any atom is -0.490 e. The van der Waals surface area contributed by atoms with Crippen LogP contribution in [-0.4, -0.2) is 35.7 Å². The first-order valence-corrected chi connectivity index (χ1v) is 8.95. The summed E-state index contributed by atoms with van der Waals surface area (Å²) in [5.41, 5.74) is 1.29. The maximum Gasteiger partial charge on any atom is 0.303 e. The molecule has 0 amide bonds. The van der Waals surface area contributed by atoms with Gasteiger partial charge in [0.05, 0.1) is 17.8 Å². The predicted molar refractivity (Wildman–Crippen MR) is 99.2 cm³/mol. The Morgan fingerprint density at radius 2 is 2.15 bits per heavy atom. The normalized spacial score (nSPS) is 29.2. The molecule has 1 spiro atoms. The topological polar surface area (TPSA) is 72.8 Å². The van der Waals surface area contributed by atoms with Gasteiger partial charge in [-0.2, -0.15) is 0 Å². The molecule has 5 nitrogen and oxygen atoms in total. The molecule has 1 N–H and O–H groups in total. The number of esters is 1. The molecule has 3 atom stereocenters. The Balaban J connectivity index is 2.17. The van der Waals surface area contributed by atoms with Gasteiger partial charge in [-0.25, -0.2) is 0 Å². The van der Waals surface area contributed by atoms with Gasteiger partial charge in [-0.05, 0) is 44.9 Å². The summed E-state index contributed by atoms with van der Waals surface area (Å²) in [6.45, 7) is 9.23. The zero-order valence-corrected chi connectivity index (χ0v) is 15.8. The maximum absolute atomic E-state index is 12.7. The lowest BCUT2D eigenvalue weighted by Gasteiger charge is -2.34. The number of hydrogen-bond donors (Lipinski definition) is 1. The molecule has 0 saturated carbocycles. The molecule has 0 radical (unpaired) electrons. The van der Waals surface area contributed by atoms with Crippen LogP contribution in [0.2, 0.25) is 0 Å². The lowest BCUT2D eigenvalue weighted by Crippen LogP contribution is -2.43. The number of aliphatic hydroxyl groups excluding tert-OH is 1. The molecule has 1 heterocycles. The van der Waals surface area contributed by atoms with Gasteiger partial charge in [-0.3, -0.25) is 9.59 Å². The molecule has 26 heavy (non-hydrogen) atoms. The smallest absolute Gasteiger partial charge is 0.303 e. The van der Waals surface area contributed by atoms with Crippen LogP contribution in [0.4, 0.5) is 0 Å². The Hall–Kier alpha value is -2.14. The molecule has 5 heteroatoms. The number of carbonyl (C=O) groups excluding carboxylic acids is 2. The number of ketones is 1. The molecule has 2 aliphatic rings. The van der Waals surface area contributed by atoms with Crippen LogP contribution in [0.25, 0.3) is 0 Å². The van der Waals surface area contributed by atoms with Crippen LogP contribution in [0.3, 0.4) is 0 Å². The summed E-state index contributed by atoms with van der Waals surface area (Å²) in [6, 6.07) is 0. The van der Waals surface area contributed by atoms with Gasteiger partial charge in [0.1, 0.15) is 12.2 Å². The first kappa shape index (κ1) is 20.2.